The zero-order valence-corrected chi connectivity index (χ0v) is 39.0. The second-order valence-electron chi connectivity index (χ2n) is 16.7. The van der Waals surface area contributed by atoms with Gasteiger partial charge in [-0.05, 0) is 57.8 Å². The van der Waals surface area contributed by atoms with Crippen LogP contribution in [0.15, 0.2) is 48.6 Å². The Hall–Kier alpha value is -2.63. The van der Waals surface area contributed by atoms with E-state index in [2.05, 4.69) is 69.4 Å². The minimum Gasteiger partial charge on any atom is -0.462 e. The summed E-state index contributed by atoms with van der Waals surface area (Å²) in [6, 6.07) is 0. The average molecular weight is 827 g/mol. The zero-order chi connectivity index (χ0) is 43.0. The number of allylic oxidation sites excluding steroid dienone is 8. The van der Waals surface area contributed by atoms with Gasteiger partial charge in [-0.15, -0.1) is 0 Å². The van der Waals surface area contributed by atoms with Crippen LogP contribution in [0, 0.1) is 0 Å². The number of carbonyl (C=O) groups excluding carboxylic acids is 3. The maximum absolute atomic E-state index is 12.8. The molecule has 0 unspecified atom stereocenters. The van der Waals surface area contributed by atoms with Crippen molar-refractivity contribution in [1.82, 2.24) is 0 Å². The highest BCUT2D eigenvalue weighted by atomic mass is 16.6. The van der Waals surface area contributed by atoms with Crippen molar-refractivity contribution in [2.75, 3.05) is 13.2 Å². The maximum Gasteiger partial charge on any atom is 0.306 e. The Morgan fingerprint density at radius 3 is 1.03 bits per heavy atom. The molecule has 342 valence electrons. The third-order valence-electron chi connectivity index (χ3n) is 10.8. The number of carbonyl (C=O) groups is 3. The Labute approximate surface area is 365 Å². The van der Waals surface area contributed by atoms with Gasteiger partial charge >= 0.3 is 17.9 Å². The highest BCUT2D eigenvalue weighted by molar-refractivity contribution is 5.71. The summed E-state index contributed by atoms with van der Waals surface area (Å²) in [5.74, 6) is -0.897. The fraction of sp³-hybridized carbons (Fsp3) is 0.792. The predicted octanol–water partition coefficient (Wildman–Crippen LogP) is 16.3. The third-order valence-corrected chi connectivity index (χ3v) is 10.8. The molecule has 0 spiro atoms. The molecule has 6 heteroatoms. The van der Waals surface area contributed by atoms with Crippen LogP contribution in [0.3, 0.4) is 0 Å². The van der Waals surface area contributed by atoms with E-state index >= 15 is 0 Å². The van der Waals surface area contributed by atoms with Crippen molar-refractivity contribution in [2.24, 2.45) is 0 Å². The van der Waals surface area contributed by atoms with Crippen LogP contribution in [-0.4, -0.2) is 37.2 Å². The van der Waals surface area contributed by atoms with Crippen molar-refractivity contribution in [2.45, 2.75) is 258 Å². The van der Waals surface area contributed by atoms with Gasteiger partial charge in [-0.2, -0.15) is 0 Å². The minimum absolute atomic E-state index is 0.0798. The highest BCUT2D eigenvalue weighted by Gasteiger charge is 2.19. The molecule has 0 radical (unpaired) electrons. The van der Waals surface area contributed by atoms with Gasteiger partial charge in [0.15, 0.2) is 6.10 Å². The van der Waals surface area contributed by atoms with Crippen LogP contribution in [0.2, 0.25) is 0 Å². The van der Waals surface area contributed by atoms with Gasteiger partial charge in [0.1, 0.15) is 13.2 Å². The van der Waals surface area contributed by atoms with Gasteiger partial charge in [-0.3, -0.25) is 14.4 Å². The summed E-state index contributed by atoms with van der Waals surface area (Å²) in [7, 11) is 0. The molecule has 0 aromatic carbocycles. The first-order valence-electron chi connectivity index (χ1n) is 25.1. The lowest BCUT2D eigenvalue weighted by molar-refractivity contribution is -0.167. The standard InChI is InChI=1S/C53H94O6/c1-4-7-10-13-16-19-22-24-25-26-27-29-32-35-38-41-44-47-53(56)59-50(48-57-51(54)45-42-39-36-33-30-21-18-15-12-9-6-3)49-58-52(55)46-43-40-37-34-31-28-23-20-17-14-11-8-5-2/h7,10,16,19,24-25,27,29,50H,4-6,8-9,11-15,17-18,20-23,26,28,30-49H2,1-3H3/b10-7-,19-16-,25-24-,29-27-/t50-/m0/s1. The summed E-state index contributed by atoms with van der Waals surface area (Å²) < 4.78 is 16.8. The zero-order valence-electron chi connectivity index (χ0n) is 39.0. The summed E-state index contributed by atoms with van der Waals surface area (Å²) >= 11 is 0. The molecule has 0 rings (SSSR count). The summed E-state index contributed by atoms with van der Waals surface area (Å²) in [5, 5.41) is 0. The normalized spacial score (nSPS) is 12.4. The third kappa shape index (κ3) is 46.3. The molecule has 6 nitrogen and oxygen atoms in total. The van der Waals surface area contributed by atoms with E-state index in [-0.39, 0.29) is 31.1 Å². The molecule has 0 saturated carbocycles. The van der Waals surface area contributed by atoms with Gasteiger partial charge in [0, 0.05) is 19.3 Å². The molecule has 0 aliphatic carbocycles. The molecule has 0 heterocycles. The van der Waals surface area contributed by atoms with Gasteiger partial charge in [0.25, 0.3) is 0 Å². The topological polar surface area (TPSA) is 78.9 Å². The first kappa shape index (κ1) is 56.4. The number of unbranched alkanes of at least 4 members (excludes halogenated alkanes) is 26. The van der Waals surface area contributed by atoms with Gasteiger partial charge in [-0.1, -0.05) is 223 Å². The second kappa shape index (κ2) is 48.0. The van der Waals surface area contributed by atoms with Crippen molar-refractivity contribution >= 4 is 17.9 Å². The molecule has 0 aromatic rings. The molecule has 0 fully saturated rings. The molecule has 0 aliphatic heterocycles. The minimum atomic E-state index is -0.780. The lowest BCUT2D eigenvalue weighted by atomic mass is 10.0. The number of rotatable bonds is 45. The summed E-state index contributed by atoms with van der Waals surface area (Å²) in [6.45, 7) is 6.51. The summed E-state index contributed by atoms with van der Waals surface area (Å²) in [5.41, 5.74) is 0. The first-order chi connectivity index (χ1) is 29.0. The number of esters is 3. The Bertz CT molecular complexity index is 1040. The summed E-state index contributed by atoms with van der Waals surface area (Å²) in [6.07, 6.45) is 56.6. The molecule has 0 saturated heterocycles. The molecular weight excluding hydrogens is 733 g/mol. The van der Waals surface area contributed by atoms with Crippen LogP contribution in [0.4, 0.5) is 0 Å². The molecule has 59 heavy (non-hydrogen) atoms. The molecule has 0 bridgehead atoms. The monoisotopic (exact) mass is 827 g/mol. The SMILES string of the molecule is CC/C=C\C/C=C\C/C=C\C/C=C\CCCCCCC(=O)O[C@@H](COC(=O)CCCCCCCCCCCCC)COC(=O)CCCCCCCCCCCCCCC. The fourth-order valence-corrected chi connectivity index (χ4v) is 7.08. The molecule has 0 amide bonds. The Morgan fingerprint density at radius 1 is 0.356 bits per heavy atom. The van der Waals surface area contributed by atoms with Crippen LogP contribution < -0.4 is 0 Å². The van der Waals surface area contributed by atoms with E-state index in [1.807, 2.05) is 0 Å². The quantitative estimate of drug-likeness (QED) is 0.0263. The molecular formula is C53H94O6. The van der Waals surface area contributed by atoms with E-state index in [9.17, 15) is 14.4 Å². The van der Waals surface area contributed by atoms with E-state index in [4.69, 9.17) is 14.2 Å². The number of hydrogen-bond acceptors (Lipinski definition) is 6. The van der Waals surface area contributed by atoms with Gasteiger partial charge < -0.3 is 14.2 Å². The van der Waals surface area contributed by atoms with E-state index in [0.29, 0.717) is 19.3 Å². The van der Waals surface area contributed by atoms with Crippen molar-refractivity contribution in [1.29, 1.82) is 0 Å². The second-order valence-corrected chi connectivity index (χ2v) is 16.7. The Balaban J connectivity index is 4.40. The average Bonchev–Trinajstić information content (AvgIpc) is 3.23. The van der Waals surface area contributed by atoms with E-state index in [1.165, 1.54) is 116 Å². The highest BCUT2D eigenvalue weighted by Crippen LogP contribution is 2.15. The van der Waals surface area contributed by atoms with Crippen molar-refractivity contribution in [3.8, 4) is 0 Å². The van der Waals surface area contributed by atoms with Crippen LogP contribution in [0.25, 0.3) is 0 Å². The van der Waals surface area contributed by atoms with Crippen LogP contribution in [0.5, 0.6) is 0 Å². The Kier molecular flexibility index (Phi) is 45.9. The van der Waals surface area contributed by atoms with Crippen LogP contribution >= 0.6 is 0 Å². The number of ether oxygens (including phenoxy) is 3. The molecule has 0 N–H and O–H groups in total. The lowest BCUT2D eigenvalue weighted by Gasteiger charge is -2.18. The van der Waals surface area contributed by atoms with E-state index < -0.39 is 6.10 Å². The van der Waals surface area contributed by atoms with Crippen molar-refractivity contribution in [3.63, 3.8) is 0 Å². The van der Waals surface area contributed by atoms with E-state index in [1.54, 1.807) is 0 Å². The maximum atomic E-state index is 12.8. The van der Waals surface area contributed by atoms with E-state index in [0.717, 1.165) is 96.3 Å². The first-order valence-corrected chi connectivity index (χ1v) is 25.1. The van der Waals surface area contributed by atoms with Gasteiger partial charge in [-0.25, -0.2) is 0 Å². The molecule has 0 aromatic heterocycles. The van der Waals surface area contributed by atoms with Gasteiger partial charge in [0.2, 0.25) is 0 Å². The smallest absolute Gasteiger partial charge is 0.306 e. The molecule has 0 aliphatic rings. The van der Waals surface area contributed by atoms with Crippen molar-refractivity contribution in [3.05, 3.63) is 48.6 Å². The summed E-state index contributed by atoms with van der Waals surface area (Å²) in [4.78, 5) is 37.9. The van der Waals surface area contributed by atoms with Crippen LogP contribution in [-0.2, 0) is 28.6 Å². The molecule has 1 atom stereocenters. The van der Waals surface area contributed by atoms with Crippen molar-refractivity contribution < 1.29 is 28.6 Å². The Morgan fingerprint density at radius 2 is 0.661 bits per heavy atom. The lowest BCUT2D eigenvalue weighted by Crippen LogP contribution is -2.30. The largest absolute Gasteiger partial charge is 0.462 e. The predicted molar refractivity (Wildman–Crippen MR) is 252 cm³/mol. The van der Waals surface area contributed by atoms with Gasteiger partial charge in [0.05, 0.1) is 0 Å². The van der Waals surface area contributed by atoms with Crippen LogP contribution in [0.1, 0.15) is 252 Å². The number of hydrogen-bond donors (Lipinski definition) is 0. The fourth-order valence-electron chi connectivity index (χ4n) is 7.08.